The first-order valence-corrected chi connectivity index (χ1v) is 8.32. The van der Waals surface area contributed by atoms with Crippen LogP contribution < -0.4 is 10.9 Å². The first-order valence-electron chi connectivity index (χ1n) is 8.32. The number of hydrogen-bond acceptors (Lipinski definition) is 3. The van der Waals surface area contributed by atoms with E-state index in [0.717, 1.165) is 16.8 Å². The highest BCUT2D eigenvalue weighted by molar-refractivity contribution is 5.92. The van der Waals surface area contributed by atoms with Gasteiger partial charge in [-0.25, -0.2) is 4.98 Å². The number of amides is 1. The van der Waals surface area contributed by atoms with E-state index in [0.29, 0.717) is 22.6 Å². The van der Waals surface area contributed by atoms with Gasteiger partial charge in [-0.1, -0.05) is 37.6 Å². The number of rotatable bonds is 4. The van der Waals surface area contributed by atoms with Crippen LogP contribution in [0.4, 0.5) is 5.69 Å². The fourth-order valence-corrected chi connectivity index (χ4v) is 2.64. The third-order valence-corrected chi connectivity index (χ3v) is 4.11. The van der Waals surface area contributed by atoms with Gasteiger partial charge in [-0.3, -0.25) is 9.59 Å². The van der Waals surface area contributed by atoms with E-state index in [9.17, 15) is 9.59 Å². The van der Waals surface area contributed by atoms with Gasteiger partial charge in [0, 0.05) is 5.69 Å². The number of anilines is 1. The number of aromatic nitrogens is 2. The Balaban J connectivity index is 1.81. The van der Waals surface area contributed by atoms with E-state index in [2.05, 4.69) is 29.1 Å². The molecule has 0 spiro atoms. The van der Waals surface area contributed by atoms with Crippen molar-refractivity contribution in [3.05, 3.63) is 69.8 Å². The molecule has 5 nitrogen and oxygen atoms in total. The zero-order valence-corrected chi connectivity index (χ0v) is 14.6. The van der Waals surface area contributed by atoms with Crippen molar-refractivity contribution in [2.75, 3.05) is 5.32 Å². The highest BCUT2D eigenvalue weighted by Gasteiger charge is 2.10. The van der Waals surface area contributed by atoms with Gasteiger partial charge in [0.15, 0.2) is 0 Å². The molecule has 1 amide bonds. The summed E-state index contributed by atoms with van der Waals surface area (Å²) in [6.07, 6.45) is 0.0188. The van der Waals surface area contributed by atoms with Crippen LogP contribution >= 0.6 is 0 Å². The summed E-state index contributed by atoms with van der Waals surface area (Å²) >= 11 is 0. The Morgan fingerprint density at radius 1 is 1.16 bits per heavy atom. The van der Waals surface area contributed by atoms with Crippen molar-refractivity contribution in [3.63, 3.8) is 0 Å². The fourth-order valence-electron chi connectivity index (χ4n) is 2.64. The molecule has 0 unspecified atom stereocenters. The lowest BCUT2D eigenvalue weighted by atomic mass is 10.0. The molecule has 1 aromatic heterocycles. The average molecular weight is 335 g/mol. The number of fused-ring (bicyclic) bond motifs is 1. The van der Waals surface area contributed by atoms with Crippen LogP contribution in [-0.2, 0) is 11.2 Å². The second kappa shape index (κ2) is 6.89. The van der Waals surface area contributed by atoms with Gasteiger partial charge in [-0.05, 0) is 42.7 Å². The van der Waals surface area contributed by atoms with Crippen LogP contribution in [0.1, 0.15) is 36.7 Å². The molecule has 2 aromatic carbocycles. The van der Waals surface area contributed by atoms with Crippen LogP contribution in [0.25, 0.3) is 10.9 Å². The van der Waals surface area contributed by atoms with Gasteiger partial charge in [-0.2, -0.15) is 0 Å². The first kappa shape index (κ1) is 16.9. The van der Waals surface area contributed by atoms with Gasteiger partial charge in [0.25, 0.3) is 5.56 Å². The molecule has 0 aliphatic carbocycles. The topological polar surface area (TPSA) is 74.8 Å². The van der Waals surface area contributed by atoms with Crippen molar-refractivity contribution in [1.29, 1.82) is 0 Å². The molecule has 0 saturated heterocycles. The maximum Gasteiger partial charge on any atom is 0.258 e. The molecule has 5 heteroatoms. The Hall–Kier alpha value is -2.95. The van der Waals surface area contributed by atoms with Crippen molar-refractivity contribution in [2.45, 2.75) is 33.1 Å². The molecule has 0 bridgehead atoms. The number of H-pyrrole nitrogens is 1. The summed E-state index contributed by atoms with van der Waals surface area (Å²) in [5.41, 5.74) is 3.32. The Bertz CT molecular complexity index is 972. The zero-order valence-electron chi connectivity index (χ0n) is 14.6. The monoisotopic (exact) mass is 335 g/mol. The molecule has 0 radical (unpaired) electrons. The quantitative estimate of drug-likeness (QED) is 0.766. The van der Waals surface area contributed by atoms with Crippen molar-refractivity contribution >= 4 is 22.5 Å². The molecule has 0 atom stereocenters. The standard InChI is InChI=1S/C20H21N3O2/c1-12(2)14-6-9-17-16(10-14)20(25)23-18(22-17)11-19(24)21-15-7-4-13(3)5-8-15/h4-10,12H,11H2,1-3H3,(H,21,24)(H,22,23,25). The fraction of sp³-hybridized carbons (Fsp3) is 0.250. The average Bonchev–Trinajstić information content (AvgIpc) is 2.56. The predicted molar refractivity (Wildman–Crippen MR) is 100.0 cm³/mol. The Kier molecular flexibility index (Phi) is 4.65. The number of aryl methyl sites for hydroxylation is 1. The van der Waals surface area contributed by atoms with Crippen LogP contribution in [0.2, 0.25) is 0 Å². The number of nitrogens with one attached hydrogen (secondary N) is 2. The van der Waals surface area contributed by atoms with Gasteiger partial charge in [0.1, 0.15) is 5.82 Å². The first-order chi connectivity index (χ1) is 11.9. The van der Waals surface area contributed by atoms with Crippen LogP contribution in [-0.4, -0.2) is 15.9 Å². The van der Waals surface area contributed by atoms with Crippen molar-refractivity contribution in [2.24, 2.45) is 0 Å². The summed E-state index contributed by atoms with van der Waals surface area (Å²) in [6, 6.07) is 13.2. The molecule has 0 fully saturated rings. The van der Waals surface area contributed by atoms with E-state index in [1.807, 2.05) is 49.4 Å². The molecular formula is C20H21N3O2. The SMILES string of the molecule is Cc1ccc(NC(=O)Cc2nc3ccc(C(C)C)cc3c(=O)[nH]2)cc1. The van der Waals surface area contributed by atoms with E-state index in [1.54, 1.807) is 0 Å². The van der Waals surface area contributed by atoms with Crippen molar-refractivity contribution in [1.82, 2.24) is 9.97 Å². The maximum absolute atomic E-state index is 12.3. The van der Waals surface area contributed by atoms with Gasteiger partial charge in [0.2, 0.25) is 5.91 Å². The minimum atomic E-state index is -0.217. The second-order valence-electron chi connectivity index (χ2n) is 6.53. The lowest BCUT2D eigenvalue weighted by Gasteiger charge is -2.08. The molecular weight excluding hydrogens is 314 g/mol. The van der Waals surface area contributed by atoms with Gasteiger partial charge >= 0.3 is 0 Å². The Labute approximate surface area is 146 Å². The number of carbonyl (C=O) groups excluding carboxylic acids is 1. The van der Waals surface area contributed by atoms with E-state index in [4.69, 9.17) is 0 Å². The molecule has 3 rings (SSSR count). The second-order valence-corrected chi connectivity index (χ2v) is 6.53. The van der Waals surface area contributed by atoms with E-state index in [-0.39, 0.29) is 17.9 Å². The molecule has 128 valence electrons. The van der Waals surface area contributed by atoms with Crippen molar-refractivity contribution in [3.8, 4) is 0 Å². The molecule has 0 saturated carbocycles. The van der Waals surface area contributed by atoms with Gasteiger partial charge in [0.05, 0.1) is 17.3 Å². The number of carbonyl (C=O) groups is 1. The van der Waals surface area contributed by atoms with E-state index in [1.165, 1.54) is 0 Å². The van der Waals surface area contributed by atoms with Crippen molar-refractivity contribution < 1.29 is 4.79 Å². The molecule has 1 heterocycles. The summed E-state index contributed by atoms with van der Waals surface area (Å²) in [4.78, 5) is 31.6. The predicted octanol–water partition coefficient (Wildman–Crippen LogP) is 3.54. The normalized spacial score (nSPS) is 11.0. The lowest BCUT2D eigenvalue weighted by molar-refractivity contribution is -0.115. The molecule has 0 aliphatic heterocycles. The summed E-state index contributed by atoms with van der Waals surface area (Å²) < 4.78 is 0. The number of aromatic amines is 1. The minimum Gasteiger partial charge on any atom is -0.326 e. The summed E-state index contributed by atoms with van der Waals surface area (Å²) in [7, 11) is 0. The molecule has 0 aliphatic rings. The van der Waals surface area contributed by atoms with E-state index < -0.39 is 0 Å². The van der Waals surface area contributed by atoms with Gasteiger partial charge in [-0.15, -0.1) is 0 Å². The minimum absolute atomic E-state index is 0.0188. The van der Waals surface area contributed by atoms with Crippen LogP contribution in [0.5, 0.6) is 0 Å². The molecule has 25 heavy (non-hydrogen) atoms. The Morgan fingerprint density at radius 2 is 1.88 bits per heavy atom. The van der Waals surface area contributed by atoms with Crippen LogP contribution in [0.15, 0.2) is 47.3 Å². The summed E-state index contributed by atoms with van der Waals surface area (Å²) in [5, 5.41) is 3.36. The Morgan fingerprint density at radius 3 is 2.56 bits per heavy atom. The van der Waals surface area contributed by atoms with E-state index >= 15 is 0 Å². The highest BCUT2D eigenvalue weighted by Crippen LogP contribution is 2.18. The third-order valence-electron chi connectivity index (χ3n) is 4.11. The number of hydrogen-bond donors (Lipinski definition) is 2. The summed E-state index contributed by atoms with van der Waals surface area (Å²) in [6.45, 7) is 6.14. The van der Waals surface area contributed by atoms with Crippen LogP contribution in [0, 0.1) is 6.92 Å². The maximum atomic E-state index is 12.3. The highest BCUT2D eigenvalue weighted by atomic mass is 16.1. The smallest absolute Gasteiger partial charge is 0.258 e. The lowest BCUT2D eigenvalue weighted by Crippen LogP contribution is -2.19. The zero-order chi connectivity index (χ0) is 18.0. The summed E-state index contributed by atoms with van der Waals surface area (Å²) in [5.74, 6) is 0.480. The largest absolute Gasteiger partial charge is 0.326 e. The van der Waals surface area contributed by atoms with Gasteiger partial charge < -0.3 is 10.3 Å². The third kappa shape index (κ3) is 3.94. The molecule has 2 N–H and O–H groups in total. The van der Waals surface area contributed by atoms with Crippen LogP contribution in [0.3, 0.4) is 0 Å². The molecule has 3 aromatic rings. The number of nitrogens with zero attached hydrogens (tertiary/aromatic N) is 1. The number of benzene rings is 2.